The molecular weight excluding hydrogens is 226 g/mol. The molecule has 84 valence electrons. The lowest BCUT2D eigenvalue weighted by Crippen LogP contribution is -2.09. The molecule has 0 aromatic carbocycles. The fourth-order valence-corrected chi connectivity index (χ4v) is 2.21. The topological polar surface area (TPSA) is 58.9 Å². The van der Waals surface area contributed by atoms with E-state index < -0.39 is 0 Å². The highest BCUT2D eigenvalue weighted by Crippen LogP contribution is 2.31. The Morgan fingerprint density at radius 1 is 1.31 bits per heavy atom. The van der Waals surface area contributed by atoms with Crippen LogP contribution in [-0.4, -0.2) is 17.2 Å². The highest BCUT2D eigenvalue weighted by Gasteiger charge is 2.24. The third-order valence-corrected chi connectivity index (χ3v) is 3.09. The summed E-state index contributed by atoms with van der Waals surface area (Å²) in [7, 11) is 0. The number of oxime groups is 1. The highest BCUT2D eigenvalue weighted by molar-refractivity contribution is 7.99. The lowest BCUT2D eigenvalue weighted by molar-refractivity contribution is 0.316. The molecule has 2 aromatic heterocycles. The standard InChI is InChI=1S/C11H11NO3S/c1-16-11(9-5-3-7-15-9)10(12-13)8-4-2-6-14-8/h2-7,11,13H,1H3/b12-10+. The predicted octanol–water partition coefficient (Wildman–Crippen LogP) is 3.16. The van der Waals surface area contributed by atoms with Gasteiger partial charge in [-0.2, -0.15) is 0 Å². The van der Waals surface area contributed by atoms with E-state index in [4.69, 9.17) is 14.0 Å². The molecule has 1 N–H and O–H groups in total. The number of nitrogens with zero attached hydrogens (tertiary/aromatic N) is 1. The van der Waals surface area contributed by atoms with E-state index >= 15 is 0 Å². The normalized spacial score (nSPS) is 13.9. The van der Waals surface area contributed by atoms with E-state index in [-0.39, 0.29) is 5.25 Å². The summed E-state index contributed by atoms with van der Waals surface area (Å²) >= 11 is 1.51. The van der Waals surface area contributed by atoms with Crippen molar-refractivity contribution in [1.82, 2.24) is 0 Å². The van der Waals surface area contributed by atoms with Gasteiger partial charge in [-0.25, -0.2) is 0 Å². The van der Waals surface area contributed by atoms with Gasteiger partial charge >= 0.3 is 0 Å². The molecule has 0 bridgehead atoms. The van der Waals surface area contributed by atoms with Crippen LogP contribution in [0.1, 0.15) is 16.8 Å². The first-order valence-electron chi connectivity index (χ1n) is 4.69. The fourth-order valence-electron chi connectivity index (χ4n) is 1.46. The average molecular weight is 237 g/mol. The van der Waals surface area contributed by atoms with Gasteiger partial charge in [-0.3, -0.25) is 0 Å². The molecule has 0 aliphatic heterocycles. The molecule has 1 atom stereocenters. The van der Waals surface area contributed by atoms with Crippen LogP contribution in [0.15, 0.2) is 50.8 Å². The maximum Gasteiger partial charge on any atom is 0.153 e. The van der Waals surface area contributed by atoms with Crippen molar-refractivity contribution in [3.8, 4) is 0 Å². The van der Waals surface area contributed by atoms with Crippen molar-refractivity contribution in [2.45, 2.75) is 5.25 Å². The van der Waals surface area contributed by atoms with Crippen LogP contribution in [0.3, 0.4) is 0 Å². The van der Waals surface area contributed by atoms with E-state index in [1.54, 1.807) is 30.7 Å². The van der Waals surface area contributed by atoms with Gasteiger partial charge in [0.1, 0.15) is 16.7 Å². The van der Waals surface area contributed by atoms with Crippen molar-refractivity contribution in [2.75, 3.05) is 6.26 Å². The molecule has 0 radical (unpaired) electrons. The SMILES string of the molecule is CSC(/C(=N/O)c1ccco1)c1ccco1. The Balaban J connectivity index is 2.34. The fraction of sp³-hybridized carbons (Fsp3) is 0.182. The zero-order valence-corrected chi connectivity index (χ0v) is 9.48. The van der Waals surface area contributed by atoms with E-state index in [0.717, 1.165) is 5.76 Å². The molecule has 2 rings (SSSR count). The Hall–Kier alpha value is -1.62. The van der Waals surface area contributed by atoms with E-state index in [2.05, 4.69) is 5.16 Å². The monoisotopic (exact) mass is 237 g/mol. The van der Waals surface area contributed by atoms with Crippen LogP contribution in [0.25, 0.3) is 0 Å². The summed E-state index contributed by atoms with van der Waals surface area (Å²) in [6, 6.07) is 7.15. The zero-order valence-electron chi connectivity index (χ0n) is 8.66. The Labute approximate surface area is 96.9 Å². The van der Waals surface area contributed by atoms with E-state index in [1.165, 1.54) is 11.8 Å². The minimum Gasteiger partial charge on any atom is -0.468 e. The molecule has 0 amide bonds. The molecule has 0 aliphatic carbocycles. The average Bonchev–Trinajstić information content (AvgIpc) is 2.97. The third kappa shape index (κ3) is 1.99. The van der Waals surface area contributed by atoms with Crippen LogP contribution in [0.4, 0.5) is 0 Å². The van der Waals surface area contributed by atoms with Gasteiger partial charge in [0.15, 0.2) is 5.76 Å². The number of thioether (sulfide) groups is 1. The van der Waals surface area contributed by atoms with Crippen molar-refractivity contribution < 1.29 is 14.0 Å². The first-order valence-corrected chi connectivity index (χ1v) is 5.97. The summed E-state index contributed by atoms with van der Waals surface area (Å²) < 4.78 is 10.5. The van der Waals surface area contributed by atoms with Gasteiger partial charge in [-0.05, 0) is 30.5 Å². The lowest BCUT2D eigenvalue weighted by atomic mass is 10.2. The minimum absolute atomic E-state index is 0.175. The van der Waals surface area contributed by atoms with Crippen molar-refractivity contribution >= 4 is 17.5 Å². The summed E-state index contributed by atoms with van der Waals surface area (Å²) in [5, 5.41) is 12.2. The van der Waals surface area contributed by atoms with Crippen LogP contribution in [-0.2, 0) is 0 Å². The van der Waals surface area contributed by atoms with Gasteiger partial charge in [0.2, 0.25) is 0 Å². The van der Waals surface area contributed by atoms with Gasteiger partial charge in [-0.15, -0.1) is 11.8 Å². The largest absolute Gasteiger partial charge is 0.468 e. The van der Waals surface area contributed by atoms with E-state index in [0.29, 0.717) is 11.5 Å². The molecule has 0 aliphatic rings. The van der Waals surface area contributed by atoms with Crippen molar-refractivity contribution in [1.29, 1.82) is 0 Å². The molecule has 0 saturated heterocycles. The molecule has 2 aromatic rings. The Morgan fingerprint density at radius 2 is 2.06 bits per heavy atom. The van der Waals surface area contributed by atoms with Crippen LogP contribution in [0.5, 0.6) is 0 Å². The maximum atomic E-state index is 9.07. The molecule has 2 heterocycles. The van der Waals surface area contributed by atoms with Crippen LogP contribution >= 0.6 is 11.8 Å². The minimum atomic E-state index is -0.175. The molecule has 5 heteroatoms. The zero-order chi connectivity index (χ0) is 11.4. The van der Waals surface area contributed by atoms with Crippen LogP contribution in [0.2, 0.25) is 0 Å². The number of furan rings is 2. The van der Waals surface area contributed by atoms with Gasteiger partial charge in [0.05, 0.1) is 12.5 Å². The van der Waals surface area contributed by atoms with Crippen molar-refractivity contribution in [3.63, 3.8) is 0 Å². The lowest BCUT2D eigenvalue weighted by Gasteiger charge is -2.11. The van der Waals surface area contributed by atoms with Gasteiger partial charge in [0, 0.05) is 0 Å². The van der Waals surface area contributed by atoms with Gasteiger partial charge in [0.25, 0.3) is 0 Å². The smallest absolute Gasteiger partial charge is 0.153 e. The molecule has 4 nitrogen and oxygen atoms in total. The van der Waals surface area contributed by atoms with E-state index in [1.807, 2.05) is 12.3 Å². The summed E-state index contributed by atoms with van der Waals surface area (Å²) in [4.78, 5) is 0. The third-order valence-electron chi connectivity index (χ3n) is 2.17. The predicted molar refractivity (Wildman–Crippen MR) is 62.0 cm³/mol. The Bertz CT molecular complexity index is 448. The molecule has 0 fully saturated rings. The van der Waals surface area contributed by atoms with Crippen LogP contribution < -0.4 is 0 Å². The molecule has 1 unspecified atom stereocenters. The second-order valence-corrected chi connectivity index (χ2v) is 4.04. The summed E-state index contributed by atoms with van der Waals surface area (Å²) in [5.74, 6) is 1.27. The molecular formula is C11H11NO3S. The van der Waals surface area contributed by atoms with Crippen molar-refractivity contribution in [3.05, 3.63) is 48.3 Å². The second-order valence-electron chi connectivity index (χ2n) is 3.09. The quantitative estimate of drug-likeness (QED) is 0.504. The van der Waals surface area contributed by atoms with Gasteiger partial charge < -0.3 is 14.0 Å². The summed E-state index contributed by atoms with van der Waals surface area (Å²) in [6.45, 7) is 0. The van der Waals surface area contributed by atoms with Gasteiger partial charge in [-0.1, -0.05) is 5.16 Å². The van der Waals surface area contributed by atoms with E-state index in [9.17, 15) is 0 Å². The molecule has 16 heavy (non-hydrogen) atoms. The Morgan fingerprint density at radius 3 is 2.56 bits per heavy atom. The number of rotatable bonds is 4. The molecule has 0 saturated carbocycles. The first-order chi connectivity index (χ1) is 7.86. The summed E-state index contributed by atoms with van der Waals surface area (Å²) in [6.07, 6.45) is 5.05. The second kappa shape index (κ2) is 4.94. The van der Waals surface area contributed by atoms with Crippen molar-refractivity contribution in [2.24, 2.45) is 5.16 Å². The van der Waals surface area contributed by atoms with Crippen LogP contribution in [0, 0.1) is 0 Å². The number of hydrogen-bond acceptors (Lipinski definition) is 5. The highest BCUT2D eigenvalue weighted by atomic mass is 32.2. The summed E-state index contributed by atoms with van der Waals surface area (Å²) in [5.41, 5.74) is 0.451. The Kier molecular flexibility index (Phi) is 3.36. The first kappa shape index (κ1) is 10.9. The maximum absolute atomic E-state index is 9.07. The number of hydrogen-bond donors (Lipinski definition) is 1. The molecule has 0 spiro atoms.